The molecule has 1 fully saturated rings. The van der Waals surface area contributed by atoms with Gasteiger partial charge in [0.05, 0.1) is 11.6 Å². The zero-order chi connectivity index (χ0) is 20.4. The number of rotatable bonds is 3. The number of carbonyl (C=O) groups is 2. The van der Waals surface area contributed by atoms with Crippen molar-refractivity contribution in [3.63, 3.8) is 0 Å². The fourth-order valence-electron chi connectivity index (χ4n) is 3.19. The number of ether oxygens (including phenoxy) is 1. The van der Waals surface area contributed by atoms with E-state index >= 15 is 0 Å². The highest BCUT2D eigenvalue weighted by Crippen LogP contribution is 2.26. The van der Waals surface area contributed by atoms with Crippen molar-refractivity contribution in [1.29, 1.82) is 0 Å². The lowest BCUT2D eigenvalue weighted by molar-refractivity contribution is 0.0972. The molecule has 10 heteroatoms. The van der Waals surface area contributed by atoms with Gasteiger partial charge in [0.25, 0.3) is 0 Å². The number of likely N-dealkylation sites (tertiary alicyclic amines) is 1. The molecule has 29 heavy (non-hydrogen) atoms. The number of aromatic nitrogens is 3. The van der Waals surface area contributed by atoms with E-state index in [9.17, 15) is 14.7 Å². The first kappa shape index (κ1) is 18.7. The van der Waals surface area contributed by atoms with Crippen LogP contribution >= 0.6 is 0 Å². The average Bonchev–Trinajstić information content (AvgIpc) is 3.12. The van der Waals surface area contributed by atoms with Gasteiger partial charge in [0.15, 0.2) is 0 Å². The number of aliphatic hydroxyl groups is 1. The Bertz CT molecular complexity index is 1060. The molecule has 3 heterocycles. The van der Waals surface area contributed by atoms with Crippen LogP contribution in [0, 0.1) is 0 Å². The molecule has 1 aliphatic rings. The number of anilines is 1. The minimum absolute atomic E-state index is 0.237. The van der Waals surface area contributed by atoms with E-state index in [1.165, 1.54) is 18.6 Å². The Labute approximate surface area is 165 Å². The molecule has 1 aromatic carbocycles. The van der Waals surface area contributed by atoms with E-state index in [0.29, 0.717) is 48.4 Å². The monoisotopic (exact) mass is 397 g/mol. The summed E-state index contributed by atoms with van der Waals surface area (Å²) in [4.78, 5) is 33.2. The van der Waals surface area contributed by atoms with Gasteiger partial charge >= 0.3 is 12.1 Å². The van der Waals surface area contributed by atoms with Crippen molar-refractivity contribution >= 4 is 28.8 Å². The second-order valence-electron chi connectivity index (χ2n) is 6.68. The Morgan fingerprint density at radius 1 is 1.14 bits per heavy atom. The molecule has 0 atom stereocenters. The van der Waals surface area contributed by atoms with Crippen molar-refractivity contribution in [1.82, 2.24) is 19.4 Å². The Morgan fingerprint density at radius 2 is 1.93 bits per heavy atom. The topological polar surface area (TPSA) is 130 Å². The first-order chi connectivity index (χ1) is 14.0. The van der Waals surface area contributed by atoms with Gasteiger partial charge in [-0.1, -0.05) is 0 Å². The lowest BCUT2D eigenvalue weighted by atomic mass is 10.1. The number of amides is 2. The highest BCUT2D eigenvalue weighted by molar-refractivity contribution is 5.90. The minimum Gasteiger partial charge on any atom is -0.464 e. The number of urea groups is 1. The van der Waals surface area contributed by atoms with Crippen molar-refractivity contribution in [2.45, 2.75) is 18.9 Å². The highest BCUT2D eigenvalue weighted by atomic mass is 16.5. The number of nitrogens with zero attached hydrogens (tertiary/aromatic N) is 4. The first-order valence-electron chi connectivity index (χ1n) is 9.08. The summed E-state index contributed by atoms with van der Waals surface area (Å²) in [7, 11) is 0. The molecule has 0 saturated carbocycles. The number of hydrogen-bond acceptors (Lipinski definition) is 6. The molecule has 1 aliphatic heterocycles. The molecule has 1 saturated heterocycles. The van der Waals surface area contributed by atoms with Crippen molar-refractivity contribution < 1.29 is 24.5 Å². The van der Waals surface area contributed by atoms with Crippen LogP contribution in [0.1, 0.15) is 12.8 Å². The number of carbonyl (C=O) groups excluding carboxylic acids is 1. The lowest BCUT2D eigenvalue weighted by Gasteiger charge is -2.29. The largest absolute Gasteiger partial charge is 0.464 e. The summed E-state index contributed by atoms with van der Waals surface area (Å²) in [5.41, 5.74) is 0.548. The van der Waals surface area contributed by atoms with Gasteiger partial charge in [-0.25, -0.2) is 19.6 Å². The van der Waals surface area contributed by atoms with Crippen molar-refractivity contribution in [3.05, 3.63) is 42.9 Å². The fourth-order valence-corrected chi connectivity index (χ4v) is 3.19. The van der Waals surface area contributed by atoms with Crippen molar-refractivity contribution in [3.8, 4) is 11.6 Å². The minimum atomic E-state index is -1.06. The molecule has 0 aliphatic carbocycles. The van der Waals surface area contributed by atoms with Gasteiger partial charge < -0.3 is 19.8 Å². The predicted octanol–water partition coefficient (Wildman–Crippen LogP) is 2.74. The van der Waals surface area contributed by atoms with Crippen molar-refractivity contribution in [2.24, 2.45) is 0 Å². The SMILES string of the molecule is O=C(Nc1cc(Oc2ccc3c(ccn3C(=O)O)c2)ncn1)N1CCC(O)CC1. The number of aliphatic hydroxyl groups excluding tert-OH is 1. The van der Waals surface area contributed by atoms with E-state index in [4.69, 9.17) is 9.84 Å². The molecule has 2 aromatic heterocycles. The molecule has 3 N–H and O–H groups in total. The quantitative estimate of drug-likeness (QED) is 0.619. The van der Waals surface area contributed by atoms with Crippen LogP contribution in [0.15, 0.2) is 42.9 Å². The third-order valence-corrected chi connectivity index (χ3v) is 4.72. The standard InChI is InChI=1S/C19H19N5O5/c25-13-4-6-23(7-5-13)18(26)22-16-10-17(21-11-20-16)29-14-1-2-15-12(9-14)3-8-24(15)19(27)28/h1-3,8-11,13,25H,4-7H2,(H,27,28)(H,20,21,22,26). The molecule has 0 bridgehead atoms. The van der Waals surface area contributed by atoms with Crippen molar-refractivity contribution in [2.75, 3.05) is 18.4 Å². The Hall–Kier alpha value is -3.66. The Balaban J connectivity index is 1.45. The van der Waals surface area contributed by atoms with Gasteiger partial charge in [-0.15, -0.1) is 0 Å². The maximum atomic E-state index is 12.3. The fraction of sp³-hybridized carbons (Fsp3) is 0.263. The molecule has 150 valence electrons. The summed E-state index contributed by atoms with van der Waals surface area (Å²) in [6, 6.07) is 7.88. The molecule has 0 spiro atoms. The van der Waals surface area contributed by atoms with Gasteiger partial charge in [-0.05, 0) is 37.1 Å². The number of piperidine rings is 1. The smallest absolute Gasteiger partial charge is 0.415 e. The molecule has 0 unspecified atom stereocenters. The van der Waals surface area contributed by atoms with E-state index in [0.717, 1.165) is 4.57 Å². The van der Waals surface area contributed by atoms with E-state index < -0.39 is 6.09 Å². The highest BCUT2D eigenvalue weighted by Gasteiger charge is 2.21. The van der Waals surface area contributed by atoms with Crippen LogP contribution in [0.25, 0.3) is 10.9 Å². The van der Waals surface area contributed by atoms with E-state index in [2.05, 4.69) is 15.3 Å². The molecule has 10 nitrogen and oxygen atoms in total. The van der Waals surface area contributed by atoms with Crippen LogP contribution in [0.5, 0.6) is 11.6 Å². The van der Waals surface area contributed by atoms with Gasteiger partial charge in [0, 0.05) is 30.7 Å². The first-order valence-corrected chi connectivity index (χ1v) is 9.08. The summed E-state index contributed by atoms with van der Waals surface area (Å²) in [6.07, 6.45) is 2.44. The van der Waals surface area contributed by atoms with Crippen LogP contribution in [0.2, 0.25) is 0 Å². The molecule has 3 aromatic rings. The molecule has 0 radical (unpaired) electrons. The number of benzene rings is 1. The third kappa shape index (κ3) is 4.11. The number of fused-ring (bicyclic) bond motifs is 1. The number of carboxylic acid groups (broad SMARTS) is 1. The normalized spacial score (nSPS) is 14.7. The van der Waals surface area contributed by atoms with Crippen LogP contribution < -0.4 is 10.1 Å². The number of nitrogens with one attached hydrogen (secondary N) is 1. The van der Waals surface area contributed by atoms with Crippen LogP contribution in [0.3, 0.4) is 0 Å². The molecular weight excluding hydrogens is 378 g/mol. The second kappa shape index (κ2) is 7.76. The summed E-state index contributed by atoms with van der Waals surface area (Å²) in [5, 5.41) is 22.1. The summed E-state index contributed by atoms with van der Waals surface area (Å²) < 4.78 is 6.85. The summed E-state index contributed by atoms with van der Waals surface area (Å²) >= 11 is 0. The maximum Gasteiger partial charge on any atom is 0.415 e. The Morgan fingerprint density at radius 3 is 2.69 bits per heavy atom. The lowest BCUT2D eigenvalue weighted by Crippen LogP contribution is -2.42. The van der Waals surface area contributed by atoms with E-state index in [1.54, 1.807) is 29.2 Å². The molecule has 4 rings (SSSR count). The Kier molecular flexibility index (Phi) is 5.00. The zero-order valence-electron chi connectivity index (χ0n) is 15.4. The van der Waals surface area contributed by atoms with Gasteiger partial charge in [-0.2, -0.15) is 0 Å². The maximum absolute atomic E-state index is 12.3. The van der Waals surface area contributed by atoms with E-state index in [-0.39, 0.29) is 18.0 Å². The third-order valence-electron chi connectivity index (χ3n) is 4.72. The average molecular weight is 397 g/mol. The number of hydrogen-bond donors (Lipinski definition) is 3. The summed E-state index contributed by atoms with van der Waals surface area (Å²) in [5.74, 6) is 1.01. The molecular formula is C19H19N5O5. The van der Waals surface area contributed by atoms with Crippen LogP contribution in [-0.4, -0.2) is 61.0 Å². The van der Waals surface area contributed by atoms with Gasteiger partial charge in [0.1, 0.15) is 17.9 Å². The summed E-state index contributed by atoms with van der Waals surface area (Å²) in [6.45, 7) is 0.967. The van der Waals surface area contributed by atoms with Gasteiger partial charge in [-0.3, -0.25) is 9.88 Å². The second-order valence-corrected chi connectivity index (χ2v) is 6.68. The predicted molar refractivity (Wildman–Crippen MR) is 103 cm³/mol. The molecule has 2 amide bonds. The van der Waals surface area contributed by atoms with Crippen LogP contribution in [-0.2, 0) is 0 Å². The van der Waals surface area contributed by atoms with E-state index in [1.807, 2.05) is 0 Å². The van der Waals surface area contributed by atoms with Crippen LogP contribution in [0.4, 0.5) is 15.4 Å². The zero-order valence-corrected chi connectivity index (χ0v) is 15.4. The van der Waals surface area contributed by atoms with Gasteiger partial charge in [0.2, 0.25) is 5.88 Å².